The molecule has 0 radical (unpaired) electrons. The fraction of sp³-hybridized carbons (Fsp3) is 0.143. The zero-order valence-electron chi connectivity index (χ0n) is 8.06. The summed E-state index contributed by atoms with van der Waals surface area (Å²) in [5, 5.41) is 10.3. The fourth-order valence-electron chi connectivity index (χ4n) is 0.921. The summed E-state index contributed by atoms with van der Waals surface area (Å²) in [7, 11) is -5.85. The van der Waals surface area contributed by atoms with E-state index in [9.17, 15) is 22.7 Å². The lowest BCUT2D eigenvalue weighted by molar-refractivity contribution is -0.384. The summed E-state index contributed by atoms with van der Waals surface area (Å²) in [6.45, 7) is 0. The van der Waals surface area contributed by atoms with Crippen LogP contribution >= 0.6 is 0 Å². The lowest BCUT2D eigenvalue weighted by Gasteiger charge is -2.01. The van der Waals surface area contributed by atoms with Crippen LogP contribution in [-0.4, -0.2) is 19.6 Å². The van der Waals surface area contributed by atoms with Crippen LogP contribution in [0.2, 0.25) is 0 Å². The highest BCUT2D eigenvalue weighted by Crippen LogP contribution is 2.17. The van der Waals surface area contributed by atoms with Crippen LogP contribution in [-0.2, 0) is 24.8 Å². The van der Waals surface area contributed by atoms with Gasteiger partial charge in [0.25, 0.3) is 15.7 Å². The van der Waals surface area contributed by atoms with Crippen LogP contribution < -0.4 is 0 Å². The Morgan fingerprint density at radius 1 is 1.31 bits per heavy atom. The Balaban J connectivity index is 3.22. The van der Waals surface area contributed by atoms with Gasteiger partial charge in [-0.1, -0.05) is 0 Å². The minimum Gasteiger partial charge on any atom is -0.444 e. The molecule has 0 spiro atoms. The summed E-state index contributed by atoms with van der Waals surface area (Å²) in [5.41, 5.74) is -0.225. The second-order valence-electron chi connectivity index (χ2n) is 2.72. The molecule has 0 saturated carbocycles. The van der Waals surface area contributed by atoms with Crippen LogP contribution in [0.1, 0.15) is 0 Å². The first-order valence-electron chi connectivity index (χ1n) is 3.89. The van der Waals surface area contributed by atoms with E-state index in [2.05, 4.69) is 3.77 Å². The molecule has 0 aliphatic carbocycles. The molecular weight excluding hydrogens is 256 g/mol. The van der Waals surface area contributed by atoms with Gasteiger partial charge < -0.3 is 4.21 Å². The van der Waals surface area contributed by atoms with Gasteiger partial charge in [0.05, 0.1) is 9.82 Å². The number of rotatable bonds is 3. The Morgan fingerprint density at radius 3 is 2.19 bits per heavy atom. The minimum absolute atomic E-state index is 0.225. The molecule has 0 heterocycles. The number of non-ortho nitro benzene ring substituents is 1. The number of nitro groups is 1. The predicted molar refractivity (Wildman–Crippen MR) is 56.7 cm³/mol. The summed E-state index contributed by atoms with van der Waals surface area (Å²) in [6.07, 6.45) is 1.11. The Bertz CT molecular complexity index is 584. The van der Waals surface area contributed by atoms with Crippen LogP contribution in [0.5, 0.6) is 0 Å². The van der Waals surface area contributed by atoms with Crippen molar-refractivity contribution < 1.29 is 17.6 Å². The van der Waals surface area contributed by atoms with Crippen molar-refractivity contribution in [1.29, 1.82) is 0 Å². The van der Waals surface area contributed by atoms with Gasteiger partial charge in [-0.25, -0.2) is 8.42 Å². The summed E-state index contributed by atoms with van der Waals surface area (Å²) >= 11 is 0. The van der Waals surface area contributed by atoms with Crippen molar-refractivity contribution in [2.45, 2.75) is 4.90 Å². The van der Waals surface area contributed by atoms with E-state index in [1.807, 2.05) is 0 Å². The van der Waals surface area contributed by atoms with Gasteiger partial charge in [-0.05, 0) is 12.1 Å². The average Bonchev–Trinajstić information content (AvgIpc) is 2.16. The molecule has 1 aromatic rings. The molecule has 0 unspecified atom stereocenters. The van der Waals surface area contributed by atoms with E-state index < -0.39 is 25.5 Å². The molecule has 7 nitrogen and oxygen atoms in total. The molecule has 0 aromatic heterocycles. The molecule has 0 bridgehead atoms. The number of nitro benzene ring substituents is 1. The molecule has 0 saturated heterocycles. The Labute approximate surface area is 93.5 Å². The highest BCUT2D eigenvalue weighted by Gasteiger charge is 2.12. The highest BCUT2D eigenvalue weighted by molar-refractivity contribution is 7.96. The van der Waals surface area contributed by atoms with Crippen LogP contribution in [0.25, 0.3) is 0 Å². The number of sulfonamides is 1. The van der Waals surface area contributed by atoms with E-state index in [0.717, 1.165) is 30.5 Å². The molecule has 0 aliphatic rings. The van der Waals surface area contributed by atoms with Gasteiger partial charge in [-0.2, -0.15) is 10.6 Å². The van der Waals surface area contributed by atoms with Crippen molar-refractivity contribution in [3.8, 4) is 0 Å². The molecule has 16 heavy (non-hydrogen) atoms. The molecular formula is C7H7N2O5S2-. The molecule has 0 atom stereocenters. The van der Waals surface area contributed by atoms with Crippen LogP contribution in [0.3, 0.4) is 0 Å². The molecule has 0 fully saturated rings. The van der Waals surface area contributed by atoms with E-state index in [-0.39, 0.29) is 10.6 Å². The molecule has 1 rings (SSSR count). The van der Waals surface area contributed by atoms with Gasteiger partial charge in [0.1, 0.15) is 0 Å². The maximum Gasteiger partial charge on any atom is 0.269 e. The van der Waals surface area contributed by atoms with E-state index in [1.54, 1.807) is 0 Å². The Morgan fingerprint density at radius 2 is 1.81 bits per heavy atom. The zero-order valence-corrected chi connectivity index (χ0v) is 9.69. The van der Waals surface area contributed by atoms with Crippen molar-refractivity contribution in [3.05, 3.63) is 34.4 Å². The van der Waals surface area contributed by atoms with Crippen LogP contribution in [0, 0.1) is 10.1 Å². The second-order valence-corrected chi connectivity index (χ2v) is 5.59. The zero-order chi connectivity index (χ0) is 12.3. The van der Waals surface area contributed by atoms with Crippen molar-refractivity contribution in [2.24, 2.45) is 3.77 Å². The first kappa shape index (κ1) is 12.6. The topological polar surface area (TPSA) is 107 Å². The number of hydrogen-bond acceptors (Lipinski definition) is 6. The Kier molecular flexibility index (Phi) is 3.60. The standard InChI is InChI=1S/C7H7N2O5S2/c1-15(12)8-16(13,14)7-4-2-6(3-5-7)9(10)11/h2-5H,1H3/q-1. The third-order valence-electron chi connectivity index (χ3n) is 1.55. The molecule has 1 aromatic carbocycles. The summed E-state index contributed by atoms with van der Waals surface area (Å²) in [4.78, 5) is 9.45. The number of nitrogens with zero attached hydrogens (tertiary/aromatic N) is 2. The lowest BCUT2D eigenvalue weighted by atomic mass is 10.3. The summed E-state index contributed by atoms with van der Waals surface area (Å²) in [5.74, 6) is 0. The fourth-order valence-corrected chi connectivity index (χ4v) is 2.85. The smallest absolute Gasteiger partial charge is 0.269 e. The molecule has 0 amide bonds. The average molecular weight is 263 g/mol. The molecule has 9 heteroatoms. The van der Waals surface area contributed by atoms with Crippen LogP contribution in [0.4, 0.5) is 5.69 Å². The van der Waals surface area contributed by atoms with E-state index >= 15 is 0 Å². The third-order valence-corrected chi connectivity index (χ3v) is 4.04. The van der Waals surface area contributed by atoms with Gasteiger partial charge in [0.15, 0.2) is 0 Å². The highest BCUT2D eigenvalue weighted by atomic mass is 32.3. The summed E-state index contributed by atoms with van der Waals surface area (Å²) < 4.78 is 36.5. The van der Waals surface area contributed by atoms with Gasteiger partial charge in [-0.15, -0.1) is 6.26 Å². The first-order valence-corrected chi connectivity index (χ1v) is 6.84. The van der Waals surface area contributed by atoms with Crippen molar-refractivity contribution in [2.75, 3.05) is 6.26 Å². The summed E-state index contributed by atoms with van der Waals surface area (Å²) in [6, 6.07) is 4.18. The molecule has 88 valence electrons. The predicted octanol–water partition coefficient (Wildman–Crippen LogP) is 1.06. The molecule has 0 aliphatic heterocycles. The van der Waals surface area contributed by atoms with Crippen LogP contribution in [0.15, 0.2) is 32.9 Å². The van der Waals surface area contributed by atoms with Crippen molar-refractivity contribution >= 4 is 26.3 Å². The van der Waals surface area contributed by atoms with Gasteiger partial charge in [0.2, 0.25) is 0 Å². The monoisotopic (exact) mass is 263 g/mol. The van der Waals surface area contributed by atoms with Crippen molar-refractivity contribution in [1.82, 2.24) is 0 Å². The maximum absolute atomic E-state index is 11.4. The number of benzene rings is 1. The van der Waals surface area contributed by atoms with Gasteiger partial charge in [-0.3, -0.25) is 13.9 Å². The first-order chi connectivity index (χ1) is 7.33. The van der Waals surface area contributed by atoms with Gasteiger partial charge >= 0.3 is 0 Å². The van der Waals surface area contributed by atoms with Crippen molar-refractivity contribution in [3.63, 3.8) is 0 Å². The van der Waals surface area contributed by atoms with Gasteiger partial charge in [0, 0.05) is 12.1 Å². The third kappa shape index (κ3) is 3.00. The largest absolute Gasteiger partial charge is 0.444 e. The maximum atomic E-state index is 11.4. The second kappa shape index (κ2) is 4.58. The van der Waals surface area contributed by atoms with E-state index in [4.69, 9.17) is 0 Å². The molecule has 0 N–H and O–H groups in total. The quantitative estimate of drug-likeness (QED) is 0.460. The van der Waals surface area contributed by atoms with E-state index in [0.29, 0.717) is 0 Å². The minimum atomic E-state index is -4.00. The Hall–Kier alpha value is -1.48. The van der Waals surface area contributed by atoms with E-state index in [1.165, 1.54) is 0 Å². The SMILES string of the molecule is C[S-](=O)=NS(=O)(=O)c1ccc([N+](=O)[O-])cc1. The number of hydrogen-bond donors (Lipinski definition) is 0. The lowest BCUT2D eigenvalue weighted by Crippen LogP contribution is -1.97. The normalized spacial score (nSPS) is 13.6.